The first-order valence-electron chi connectivity index (χ1n) is 11.7. The number of rotatable bonds is 8. The van der Waals surface area contributed by atoms with Gasteiger partial charge in [0.1, 0.15) is 6.04 Å². The van der Waals surface area contributed by atoms with Crippen LogP contribution in [0.5, 0.6) is 0 Å². The molecule has 10 heteroatoms. The highest BCUT2D eigenvalue weighted by molar-refractivity contribution is 7.89. The summed E-state index contributed by atoms with van der Waals surface area (Å²) in [6.07, 6.45) is 1.32. The molecule has 0 saturated heterocycles. The molecular formula is C25H30N4O4S2. The standard InChI is InChI=1S/C25H30N4O4S2/c1-5-23(30)29-11-10-17-14-18(7-9-21(17)29)35(32,33)28-20(12-15(2)3)24(31)27-25-26-19-8-6-16(4)13-22(19)34-25/h6-9,13-15,20,28H,5,10-12H2,1-4H3,(H,26,27,31). The van der Waals surface area contributed by atoms with E-state index in [0.717, 1.165) is 27.0 Å². The van der Waals surface area contributed by atoms with Crippen molar-refractivity contribution in [2.45, 2.75) is 57.9 Å². The van der Waals surface area contributed by atoms with Gasteiger partial charge in [0.25, 0.3) is 0 Å². The third-order valence-electron chi connectivity index (χ3n) is 5.96. The van der Waals surface area contributed by atoms with Crippen molar-refractivity contribution in [3.05, 3.63) is 47.5 Å². The first-order chi connectivity index (χ1) is 16.6. The molecule has 8 nitrogen and oxygen atoms in total. The predicted octanol–water partition coefficient (Wildman–Crippen LogP) is 4.24. The van der Waals surface area contributed by atoms with Gasteiger partial charge >= 0.3 is 0 Å². The van der Waals surface area contributed by atoms with Crippen molar-refractivity contribution < 1.29 is 18.0 Å². The molecule has 1 aromatic heterocycles. The smallest absolute Gasteiger partial charge is 0.244 e. The number of anilines is 2. The lowest BCUT2D eigenvalue weighted by Crippen LogP contribution is -2.44. The number of carbonyl (C=O) groups excluding carboxylic acids is 2. The third-order valence-corrected chi connectivity index (χ3v) is 8.36. The van der Waals surface area contributed by atoms with Crippen LogP contribution in [0.2, 0.25) is 0 Å². The highest BCUT2D eigenvalue weighted by Gasteiger charge is 2.30. The summed E-state index contributed by atoms with van der Waals surface area (Å²) >= 11 is 1.36. The SMILES string of the molecule is CCC(=O)N1CCc2cc(S(=O)(=O)NC(CC(C)C)C(=O)Nc3nc4ccc(C)cc4s3)ccc21. The Morgan fingerprint density at radius 2 is 1.94 bits per heavy atom. The van der Waals surface area contributed by atoms with E-state index in [0.29, 0.717) is 30.9 Å². The van der Waals surface area contributed by atoms with Crippen LogP contribution in [0.15, 0.2) is 41.3 Å². The van der Waals surface area contributed by atoms with E-state index in [-0.39, 0.29) is 16.7 Å². The Bertz CT molecular complexity index is 1380. The molecule has 1 unspecified atom stereocenters. The highest BCUT2D eigenvalue weighted by Crippen LogP contribution is 2.31. The van der Waals surface area contributed by atoms with Gasteiger partial charge < -0.3 is 10.2 Å². The van der Waals surface area contributed by atoms with Gasteiger partial charge in [0.05, 0.1) is 15.1 Å². The molecule has 0 spiro atoms. The van der Waals surface area contributed by atoms with Crippen molar-refractivity contribution in [1.82, 2.24) is 9.71 Å². The third kappa shape index (κ3) is 5.55. The first-order valence-corrected chi connectivity index (χ1v) is 14.0. The van der Waals surface area contributed by atoms with Gasteiger partial charge in [-0.1, -0.05) is 38.2 Å². The highest BCUT2D eigenvalue weighted by atomic mass is 32.2. The molecule has 1 aliphatic rings. The summed E-state index contributed by atoms with van der Waals surface area (Å²) in [6, 6.07) is 9.65. The number of aryl methyl sites for hydroxylation is 1. The Hall–Kier alpha value is -2.82. The predicted molar refractivity (Wildman–Crippen MR) is 139 cm³/mol. The molecule has 1 atom stereocenters. The van der Waals surface area contributed by atoms with Crippen molar-refractivity contribution in [2.75, 3.05) is 16.8 Å². The van der Waals surface area contributed by atoms with E-state index in [1.54, 1.807) is 24.0 Å². The van der Waals surface area contributed by atoms with Gasteiger partial charge in [-0.2, -0.15) is 4.72 Å². The average Bonchev–Trinajstić information content (AvgIpc) is 3.40. The van der Waals surface area contributed by atoms with Gasteiger partial charge in [-0.05, 0) is 67.1 Å². The van der Waals surface area contributed by atoms with Crippen molar-refractivity contribution in [3.63, 3.8) is 0 Å². The first kappa shape index (κ1) is 25.3. The maximum Gasteiger partial charge on any atom is 0.244 e. The molecular weight excluding hydrogens is 484 g/mol. The molecule has 2 N–H and O–H groups in total. The van der Waals surface area contributed by atoms with Crippen LogP contribution in [-0.4, -0.2) is 37.8 Å². The van der Waals surface area contributed by atoms with E-state index in [9.17, 15) is 18.0 Å². The molecule has 1 aliphatic heterocycles. The van der Waals surface area contributed by atoms with Crippen LogP contribution in [0.3, 0.4) is 0 Å². The molecule has 35 heavy (non-hydrogen) atoms. The zero-order chi connectivity index (χ0) is 25.3. The Balaban J connectivity index is 1.54. The van der Waals surface area contributed by atoms with Crippen LogP contribution in [0.25, 0.3) is 10.2 Å². The van der Waals surface area contributed by atoms with E-state index in [1.165, 1.54) is 17.4 Å². The fraction of sp³-hybridized carbons (Fsp3) is 0.400. The van der Waals surface area contributed by atoms with E-state index in [2.05, 4.69) is 15.0 Å². The minimum atomic E-state index is -3.97. The topological polar surface area (TPSA) is 108 Å². The molecule has 0 aliphatic carbocycles. The molecule has 0 saturated carbocycles. The lowest BCUT2D eigenvalue weighted by atomic mass is 10.0. The summed E-state index contributed by atoms with van der Waals surface area (Å²) in [5, 5.41) is 3.23. The number of thiazole rings is 1. The Morgan fingerprint density at radius 1 is 1.17 bits per heavy atom. The second-order valence-corrected chi connectivity index (χ2v) is 12.0. The summed E-state index contributed by atoms with van der Waals surface area (Å²) in [5.74, 6) is -0.352. The van der Waals surface area contributed by atoms with Gasteiger partial charge in [0, 0.05) is 18.7 Å². The number of fused-ring (bicyclic) bond motifs is 2. The minimum absolute atomic E-state index is 0.0103. The Labute approximate surface area is 209 Å². The summed E-state index contributed by atoms with van der Waals surface area (Å²) in [5.41, 5.74) is 3.44. The minimum Gasteiger partial charge on any atom is -0.312 e. The number of benzene rings is 2. The average molecular weight is 515 g/mol. The summed E-state index contributed by atoms with van der Waals surface area (Å²) in [4.78, 5) is 31.5. The van der Waals surface area contributed by atoms with Crippen LogP contribution in [0.4, 0.5) is 10.8 Å². The molecule has 0 bridgehead atoms. The molecule has 186 valence electrons. The Kier molecular flexibility index (Phi) is 7.25. The normalized spacial score (nSPS) is 14.4. The number of nitrogens with zero attached hydrogens (tertiary/aromatic N) is 2. The van der Waals surface area contributed by atoms with Crippen LogP contribution < -0.4 is 14.9 Å². The summed E-state index contributed by atoms with van der Waals surface area (Å²) in [7, 11) is -3.97. The van der Waals surface area contributed by atoms with E-state index in [1.807, 2.05) is 39.0 Å². The number of sulfonamides is 1. The van der Waals surface area contributed by atoms with Crippen molar-refractivity contribution in [1.29, 1.82) is 0 Å². The second-order valence-electron chi connectivity index (χ2n) is 9.22. The van der Waals surface area contributed by atoms with Crippen molar-refractivity contribution >= 4 is 54.2 Å². The number of hydrogen-bond donors (Lipinski definition) is 2. The van der Waals surface area contributed by atoms with Gasteiger partial charge in [0.2, 0.25) is 21.8 Å². The van der Waals surface area contributed by atoms with Crippen molar-refractivity contribution in [2.24, 2.45) is 5.92 Å². The fourth-order valence-electron chi connectivity index (χ4n) is 4.21. The van der Waals surface area contributed by atoms with Crippen LogP contribution in [0.1, 0.15) is 44.7 Å². The van der Waals surface area contributed by atoms with Gasteiger partial charge in [-0.25, -0.2) is 13.4 Å². The lowest BCUT2D eigenvalue weighted by molar-refractivity contribution is -0.118. The van der Waals surface area contributed by atoms with Crippen LogP contribution >= 0.6 is 11.3 Å². The fourth-order valence-corrected chi connectivity index (χ4v) is 6.43. The van der Waals surface area contributed by atoms with Gasteiger partial charge in [-0.3, -0.25) is 9.59 Å². The molecule has 3 aromatic rings. The number of aromatic nitrogens is 1. The van der Waals surface area contributed by atoms with Gasteiger partial charge in [-0.15, -0.1) is 0 Å². The van der Waals surface area contributed by atoms with Gasteiger partial charge in [0.15, 0.2) is 5.13 Å². The monoisotopic (exact) mass is 514 g/mol. The summed E-state index contributed by atoms with van der Waals surface area (Å²) < 4.78 is 30.0. The van der Waals surface area contributed by atoms with Crippen LogP contribution in [-0.2, 0) is 26.0 Å². The van der Waals surface area contributed by atoms with Crippen molar-refractivity contribution in [3.8, 4) is 0 Å². The van der Waals surface area contributed by atoms with E-state index >= 15 is 0 Å². The van der Waals surface area contributed by atoms with Crippen LogP contribution in [0, 0.1) is 12.8 Å². The maximum atomic E-state index is 13.2. The second kappa shape index (κ2) is 10.0. The molecule has 2 heterocycles. The quantitative estimate of drug-likeness (QED) is 0.468. The van der Waals surface area contributed by atoms with E-state index in [4.69, 9.17) is 0 Å². The van der Waals surface area contributed by atoms with E-state index < -0.39 is 22.0 Å². The lowest BCUT2D eigenvalue weighted by Gasteiger charge is -2.20. The molecule has 2 aromatic carbocycles. The largest absolute Gasteiger partial charge is 0.312 e. The number of nitrogens with one attached hydrogen (secondary N) is 2. The molecule has 2 amide bonds. The molecule has 4 rings (SSSR count). The summed E-state index contributed by atoms with van der Waals surface area (Å²) in [6.45, 7) is 8.20. The number of hydrogen-bond acceptors (Lipinski definition) is 6. The Morgan fingerprint density at radius 3 is 2.66 bits per heavy atom. The number of carbonyl (C=O) groups is 2. The zero-order valence-electron chi connectivity index (χ0n) is 20.3. The zero-order valence-corrected chi connectivity index (χ0v) is 21.9. The molecule has 0 radical (unpaired) electrons. The maximum absolute atomic E-state index is 13.2. The number of amides is 2. The molecule has 0 fully saturated rings.